The van der Waals surface area contributed by atoms with Crippen molar-refractivity contribution in [2.45, 2.75) is 57.0 Å². The minimum absolute atomic E-state index is 0.410. The van der Waals surface area contributed by atoms with Crippen molar-refractivity contribution in [3.8, 4) is 0 Å². The lowest BCUT2D eigenvalue weighted by atomic mass is 9.79. The first-order valence-electron chi connectivity index (χ1n) is 8.87. The summed E-state index contributed by atoms with van der Waals surface area (Å²) in [6.45, 7) is 8.53. The van der Waals surface area contributed by atoms with Crippen LogP contribution in [0, 0.1) is 0 Å². The molecule has 1 heterocycles. The molecule has 1 saturated heterocycles. The van der Waals surface area contributed by atoms with Gasteiger partial charge in [-0.1, -0.05) is 26.2 Å². The third-order valence-electron chi connectivity index (χ3n) is 5.22. The summed E-state index contributed by atoms with van der Waals surface area (Å²) >= 11 is 0. The van der Waals surface area contributed by atoms with Crippen molar-refractivity contribution < 1.29 is 4.74 Å². The van der Waals surface area contributed by atoms with Crippen LogP contribution in [-0.4, -0.2) is 74.9 Å². The van der Waals surface area contributed by atoms with Gasteiger partial charge in [0.25, 0.3) is 0 Å². The number of rotatable bonds is 7. The molecular weight excluding hydrogens is 262 g/mol. The molecule has 2 fully saturated rings. The van der Waals surface area contributed by atoms with Crippen LogP contribution < -0.4 is 5.32 Å². The van der Waals surface area contributed by atoms with Crippen LogP contribution >= 0.6 is 0 Å². The highest BCUT2D eigenvalue weighted by molar-refractivity contribution is 4.99. The zero-order chi connectivity index (χ0) is 15.1. The largest absolute Gasteiger partial charge is 0.379 e. The van der Waals surface area contributed by atoms with E-state index in [1.54, 1.807) is 0 Å². The number of ether oxygens (including phenoxy) is 1. The number of nitrogens with zero attached hydrogens (tertiary/aromatic N) is 2. The van der Waals surface area contributed by atoms with Crippen molar-refractivity contribution in [3.05, 3.63) is 0 Å². The SMILES string of the molecule is CCC1CNC2(CCCCC2)CN1CCOCCN(C)C. The summed E-state index contributed by atoms with van der Waals surface area (Å²) in [6, 6.07) is 0.690. The Kier molecular flexibility index (Phi) is 6.93. The number of piperazine rings is 1. The maximum atomic E-state index is 5.81. The predicted molar refractivity (Wildman–Crippen MR) is 88.8 cm³/mol. The van der Waals surface area contributed by atoms with E-state index in [9.17, 15) is 0 Å². The van der Waals surface area contributed by atoms with Gasteiger partial charge in [0.1, 0.15) is 0 Å². The Balaban J connectivity index is 1.77. The zero-order valence-corrected chi connectivity index (χ0v) is 14.4. The van der Waals surface area contributed by atoms with Crippen molar-refractivity contribution in [3.63, 3.8) is 0 Å². The molecule has 1 N–H and O–H groups in total. The fourth-order valence-corrected chi connectivity index (χ4v) is 3.80. The van der Waals surface area contributed by atoms with Gasteiger partial charge in [0.15, 0.2) is 0 Å². The van der Waals surface area contributed by atoms with Crippen molar-refractivity contribution in [2.75, 3.05) is 53.5 Å². The molecule has 124 valence electrons. The molecule has 21 heavy (non-hydrogen) atoms. The smallest absolute Gasteiger partial charge is 0.0594 e. The van der Waals surface area contributed by atoms with Crippen molar-refractivity contribution in [2.24, 2.45) is 0 Å². The summed E-state index contributed by atoms with van der Waals surface area (Å²) in [4.78, 5) is 4.87. The lowest BCUT2D eigenvalue weighted by Gasteiger charge is -2.49. The molecule has 1 atom stereocenters. The Bertz CT molecular complexity index is 290. The van der Waals surface area contributed by atoms with E-state index in [-0.39, 0.29) is 0 Å². The minimum atomic E-state index is 0.410. The van der Waals surface area contributed by atoms with E-state index in [2.05, 4.69) is 36.1 Å². The summed E-state index contributed by atoms with van der Waals surface area (Å²) in [6.07, 6.45) is 8.19. The Hall–Kier alpha value is -0.160. The molecular formula is C17H35N3O. The van der Waals surface area contributed by atoms with Gasteiger partial charge >= 0.3 is 0 Å². The molecule has 1 aliphatic carbocycles. The molecule has 0 aromatic rings. The summed E-state index contributed by atoms with van der Waals surface area (Å²) in [5.74, 6) is 0. The minimum Gasteiger partial charge on any atom is -0.379 e. The van der Waals surface area contributed by atoms with Gasteiger partial charge in [0, 0.05) is 37.8 Å². The molecule has 0 bridgehead atoms. The predicted octanol–water partition coefficient (Wildman–Crippen LogP) is 1.95. The van der Waals surface area contributed by atoms with Crippen LogP contribution in [0.2, 0.25) is 0 Å². The summed E-state index contributed by atoms with van der Waals surface area (Å²) in [5, 5.41) is 3.89. The lowest BCUT2D eigenvalue weighted by Crippen LogP contribution is -2.65. The van der Waals surface area contributed by atoms with Gasteiger partial charge in [-0.05, 0) is 33.4 Å². The van der Waals surface area contributed by atoms with E-state index in [0.29, 0.717) is 11.6 Å². The number of hydrogen-bond acceptors (Lipinski definition) is 4. The van der Waals surface area contributed by atoms with Gasteiger partial charge in [-0.3, -0.25) is 4.90 Å². The van der Waals surface area contributed by atoms with Gasteiger partial charge in [-0.15, -0.1) is 0 Å². The molecule has 0 aromatic carbocycles. The van der Waals surface area contributed by atoms with E-state index in [4.69, 9.17) is 4.74 Å². The van der Waals surface area contributed by atoms with Gasteiger partial charge in [-0.2, -0.15) is 0 Å². The van der Waals surface area contributed by atoms with E-state index >= 15 is 0 Å². The van der Waals surface area contributed by atoms with Gasteiger partial charge in [0.2, 0.25) is 0 Å². The average Bonchev–Trinajstić information content (AvgIpc) is 2.48. The van der Waals surface area contributed by atoms with Crippen molar-refractivity contribution in [1.82, 2.24) is 15.1 Å². The second-order valence-electron chi connectivity index (χ2n) is 7.17. The fraction of sp³-hybridized carbons (Fsp3) is 1.00. The number of likely N-dealkylation sites (N-methyl/N-ethyl adjacent to an activating group) is 1. The average molecular weight is 297 g/mol. The van der Waals surface area contributed by atoms with Crippen LogP contribution in [0.15, 0.2) is 0 Å². The molecule has 4 heteroatoms. The molecule has 2 aliphatic rings. The molecule has 1 saturated carbocycles. The third kappa shape index (κ3) is 5.20. The van der Waals surface area contributed by atoms with Crippen molar-refractivity contribution >= 4 is 0 Å². The van der Waals surface area contributed by atoms with Crippen LogP contribution in [0.1, 0.15) is 45.4 Å². The fourth-order valence-electron chi connectivity index (χ4n) is 3.80. The standard InChI is InChI=1S/C17H35N3O/c1-4-16-14-18-17(8-6-5-7-9-17)15-20(16)11-13-21-12-10-19(2)3/h16,18H,4-15H2,1-3H3. The first kappa shape index (κ1) is 17.2. The number of nitrogens with one attached hydrogen (secondary N) is 1. The Morgan fingerprint density at radius 3 is 2.62 bits per heavy atom. The lowest BCUT2D eigenvalue weighted by molar-refractivity contribution is 0.0241. The first-order chi connectivity index (χ1) is 10.2. The Morgan fingerprint density at radius 2 is 1.95 bits per heavy atom. The van der Waals surface area contributed by atoms with E-state index in [0.717, 1.165) is 32.8 Å². The van der Waals surface area contributed by atoms with Gasteiger partial charge in [0.05, 0.1) is 13.2 Å². The summed E-state index contributed by atoms with van der Waals surface area (Å²) < 4.78 is 5.81. The zero-order valence-electron chi connectivity index (χ0n) is 14.4. The molecule has 4 nitrogen and oxygen atoms in total. The second kappa shape index (κ2) is 8.47. The Labute approximate surface area is 131 Å². The van der Waals surface area contributed by atoms with Crippen LogP contribution in [0.3, 0.4) is 0 Å². The van der Waals surface area contributed by atoms with Crippen LogP contribution in [0.4, 0.5) is 0 Å². The topological polar surface area (TPSA) is 27.7 Å². The molecule has 2 rings (SSSR count). The highest BCUT2D eigenvalue weighted by atomic mass is 16.5. The Morgan fingerprint density at radius 1 is 1.19 bits per heavy atom. The molecule has 0 radical (unpaired) electrons. The molecule has 1 unspecified atom stereocenters. The van der Waals surface area contributed by atoms with E-state index < -0.39 is 0 Å². The monoisotopic (exact) mass is 297 g/mol. The maximum Gasteiger partial charge on any atom is 0.0594 e. The van der Waals surface area contributed by atoms with Gasteiger partial charge in [-0.25, -0.2) is 0 Å². The summed E-state index contributed by atoms with van der Waals surface area (Å²) in [7, 11) is 4.19. The molecule has 1 spiro atoms. The molecule has 1 aliphatic heterocycles. The van der Waals surface area contributed by atoms with E-state index in [1.807, 2.05) is 0 Å². The van der Waals surface area contributed by atoms with Crippen molar-refractivity contribution in [1.29, 1.82) is 0 Å². The van der Waals surface area contributed by atoms with E-state index in [1.165, 1.54) is 45.1 Å². The third-order valence-corrected chi connectivity index (χ3v) is 5.22. The number of hydrogen-bond donors (Lipinski definition) is 1. The molecule has 0 aromatic heterocycles. The normalized spacial score (nSPS) is 26.6. The molecule has 0 amide bonds. The van der Waals surface area contributed by atoms with Crippen LogP contribution in [-0.2, 0) is 4.74 Å². The van der Waals surface area contributed by atoms with Crippen LogP contribution in [0.25, 0.3) is 0 Å². The highest BCUT2D eigenvalue weighted by Crippen LogP contribution is 2.32. The quantitative estimate of drug-likeness (QED) is 0.727. The maximum absolute atomic E-state index is 5.81. The highest BCUT2D eigenvalue weighted by Gasteiger charge is 2.38. The first-order valence-corrected chi connectivity index (χ1v) is 8.87. The summed E-state index contributed by atoms with van der Waals surface area (Å²) in [5.41, 5.74) is 0.410. The van der Waals surface area contributed by atoms with Crippen LogP contribution in [0.5, 0.6) is 0 Å². The second-order valence-corrected chi connectivity index (χ2v) is 7.17. The van der Waals surface area contributed by atoms with Gasteiger partial charge < -0.3 is 15.0 Å².